The van der Waals surface area contributed by atoms with Gasteiger partial charge in [-0.3, -0.25) is 14.3 Å². The molecule has 0 unspecified atom stereocenters. The van der Waals surface area contributed by atoms with E-state index in [1.54, 1.807) is 24.9 Å². The fourth-order valence-corrected chi connectivity index (χ4v) is 3.98. The molecule has 0 saturated carbocycles. The quantitative estimate of drug-likeness (QED) is 0.544. The molecule has 1 aromatic heterocycles. The number of H-pyrrole nitrogens is 1. The summed E-state index contributed by atoms with van der Waals surface area (Å²) in [6.07, 6.45) is 3.17. The van der Waals surface area contributed by atoms with Crippen LogP contribution < -0.4 is 11.2 Å². The van der Waals surface area contributed by atoms with Gasteiger partial charge < -0.3 is 13.9 Å². The molecule has 2 heterocycles. The van der Waals surface area contributed by atoms with Gasteiger partial charge in [-0.25, -0.2) is 4.79 Å². The summed E-state index contributed by atoms with van der Waals surface area (Å²) >= 11 is 1.60. The monoisotopic (exact) mass is 416 g/mol. The first-order valence-electron chi connectivity index (χ1n) is 9.18. The minimum Gasteiger partial charge on any atom is -0.414 e. The van der Waals surface area contributed by atoms with Gasteiger partial charge in [0.25, 0.3) is 5.56 Å². The van der Waals surface area contributed by atoms with Gasteiger partial charge in [-0.2, -0.15) is 0 Å². The van der Waals surface area contributed by atoms with Crippen molar-refractivity contribution in [2.75, 3.05) is 18.8 Å². The Kier molecular flexibility index (Phi) is 7.18. The number of ether oxygens (including phenoxy) is 2. The van der Waals surface area contributed by atoms with Crippen LogP contribution in [-0.4, -0.2) is 48.9 Å². The maximum absolute atomic E-state index is 12.2. The molecule has 154 valence electrons. The van der Waals surface area contributed by atoms with Crippen LogP contribution in [0.1, 0.15) is 39.0 Å². The molecular weight excluding hydrogens is 384 g/mol. The summed E-state index contributed by atoms with van der Waals surface area (Å²) in [7, 11) is -1.92. The van der Waals surface area contributed by atoms with Gasteiger partial charge in [0.15, 0.2) is 8.32 Å². The van der Waals surface area contributed by atoms with Crippen molar-refractivity contribution in [3.05, 3.63) is 32.6 Å². The van der Waals surface area contributed by atoms with Crippen LogP contribution in [0.25, 0.3) is 0 Å². The van der Waals surface area contributed by atoms with Gasteiger partial charge in [0.05, 0.1) is 18.6 Å². The summed E-state index contributed by atoms with van der Waals surface area (Å²) < 4.78 is 19.9. The van der Waals surface area contributed by atoms with Crippen molar-refractivity contribution >= 4 is 20.1 Å². The van der Waals surface area contributed by atoms with E-state index in [4.69, 9.17) is 13.9 Å². The minimum atomic E-state index is -1.92. The number of rotatable bonds is 7. The predicted molar refractivity (Wildman–Crippen MR) is 111 cm³/mol. The topological polar surface area (TPSA) is 82.6 Å². The van der Waals surface area contributed by atoms with Gasteiger partial charge in [0.2, 0.25) is 0 Å². The van der Waals surface area contributed by atoms with Gasteiger partial charge in [-0.15, -0.1) is 11.8 Å². The second kappa shape index (κ2) is 8.65. The molecule has 1 aliphatic rings. The van der Waals surface area contributed by atoms with Gasteiger partial charge >= 0.3 is 5.69 Å². The van der Waals surface area contributed by atoms with Crippen LogP contribution in [0.4, 0.5) is 0 Å². The molecule has 1 aromatic rings. The number of hydrogen-bond acceptors (Lipinski definition) is 6. The molecule has 7 nitrogen and oxygen atoms in total. The summed E-state index contributed by atoms with van der Waals surface area (Å²) in [5.41, 5.74) is -0.367. The lowest BCUT2D eigenvalue weighted by Crippen LogP contribution is -2.44. The molecule has 1 N–H and O–H groups in total. The largest absolute Gasteiger partial charge is 0.414 e. The van der Waals surface area contributed by atoms with Crippen molar-refractivity contribution < 1.29 is 13.9 Å². The van der Waals surface area contributed by atoms with Crippen molar-refractivity contribution in [3.63, 3.8) is 0 Å². The summed E-state index contributed by atoms with van der Waals surface area (Å²) in [5, 5.41) is 0.105. The second-order valence-corrected chi connectivity index (χ2v) is 14.1. The molecule has 0 aromatic carbocycles. The highest BCUT2D eigenvalue weighted by molar-refractivity contribution is 7.98. The number of nitrogens with zero attached hydrogens (tertiary/aromatic N) is 1. The third-order valence-corrected chi connectivity index (χ3v) is 10.3. The molecule has 0 amide bonds. The molecule has 0 aliphatic carbocycles. The Morgan fingerprint density at radius 1 is 1.37 bits per heavy atom. The zero-order valence-corrected chi connectivity index (χ0v) is 19.1. The van der Waals surface area contributed by atoms with E-state index in [0.717, 1.165) is 0 Å². The van der Waals surface area contributed by atoms with E-state index in [9.17, 15) is 9.59 Å². The van der Waals surface area contributed by atoms with E-state index < -0.39 is 20.2 Å². The standard InChI is InChI=1S/C18H32N2O5SSi/c1-12-9-20(17(22)19-16(12)21)15-8-13(23-11-26-5)14(25-15)10-24-27(6,7)18(2,3)4/h9,13-15H,8,10-11H2,1-7H3,(H,19,21,22)/t13-,14-,15-/m0/s1. The highest BCUT2D eigenvalue weighted by atomic mass is 32.2. The Hall–Kier alpha value is -0.873. The SMILES string of the molecule is CSCO[C@H]1C[C@@H](n2cc(C)c(=O)[nH]c2=O)O[C@H]1CO[Si](C)(C)C(C)(C)C. The lowest BCUT2D eigenvalue weighted by molar-refractivity contribution is -0.0529. The molecule has 3 atom stereocenters. The highest BCUT2D eigenvalue weighted by Crippen LogP contribution is 2.38. The number of thioether (sulfide) groups is 1. The third kappa shape index (κ3) is 5.35. The Morgan fingerprint density at radius 3 is 2.63 bits per heavy atom. The minimum absolute atomic E-state index is 0.105. The number of aromatic amines is 1. The summed E-state index contributed by atoms with van der Waals surface area (Å²) in [6.45, 7) is 13.1. The highest BCUT2D eigenvalue weighted by Gasteiger charge is 2.42. The van der Waals surface area contributed by atoms with Gasteiger partial charge in [-0.1, -0.05) is 20.8 Å². The average molecular weight is 417 g/mol. The number of nitrogens with one attached hydrogen (secondary N) is 1. The maximum atomic E-state index is 12.2. The van der Waals surface area contributed by atoms with Crippen molar-refractivity contribution in [2.24, 2.45) is 0 Å². The first kappa shape index (κ1) is 22.4. The summed E-state index contributed by atoms with van der Waals surface area (Å²) in [5.74, 6) is 0.552. The molecule has 0 bridgehead atoms. The first-order chi connectivity index (χ1) is 12.5. The normalized spacial score (nSPS) is 23.7. The Balaban J connectivity index is 2.18. The van der Waals surface area contributed by atoms with Crippen molar-refractivity contribution in [1.82, 2.24) is 9.55 Å². The zero-order valence-electron chi connectivity index (χ0n) is 17.3. The Labute approximate surface area is 165 Å². The lowest BCUT2D eigenvalue weighted by atomic mass is 10.2. The van der Waals surface area contributed by atoms with Crippen LogP contribution >= 0.6 is 11.8 Å². The molecule has 0 spiro atoms. The molecular formula is C18H32N2O5SSi. The smallest absolute Gasteiger partial charge is 0.330 e. The van der Waals surface area contributed by atoms with Crippen LogP contribution in [0, 0.1) is 6.92 Å². The fourth-order valence-electron chi connectivity index (χ4n) is 2.66. The van der Waals surface area contributed by atoms with Gasteiger partial charge in [0.1, 0.15) is 12.3 Å². The molecule has 0 radical (unpaired) electrons. The molecule has 1 saturated heterocycles. The van der Waals surface area contributed by atoms with Crippen LogP contribution in [-0.2, 0) is 13.9 Å². The van der Waals surface area contributed by atoms with E-state index in [1.165, 1.54) is 4.57 Å². The van der Waals surface area contributed by atoms with Gasteiger partial charge in [-0.05, 0) is 31.3 Å². The van der Waals surface area contributed by atoms with E-state index in [1.807, 2.05) is 6.26 Å². The zero-order chi connectivity index (χ0) is 20.4. The van der Waals surface area contributed by atoms with Crippen LogP contribution in [0.15, 0.2) is 15.8 Å². The lowest BCUT2D eigenvalue weighted by Gasteiger charge is -2.37. The molecule has 2 rings (SSSR count). The van der Waals surface area contributed by atoms with Crippen LogP contribution in [0.5, 0.6) is 0 Å². The van der Waals surface area contributed by atoms with Crippen LogP contribution in [0.3, 0.4) is 0 Å². The molecule has 9 heteroatoms. The number of hydrogen-bond donors (Lipinski definition) is 1. The van der Waals surface area contributed by atoms with E-state index in [2.05, 4.69) is 38.8 Å². The van der Waals surface area contributed by atoms with Crippen molar-refractivity contribution in [2.45, 2.75) is 70.7 Å². The molecule has 27 heavy (non-hydrogen) atoms. The maximum Gasteiger partial charge on any atom is 0.330 e. The predicted octanol–water partition coefficient (Wildman–Crippen LogP) is 2.86. The van der Waals surface area contributed by atoms with E-state index in [-0.39, 0.29) is 22.8 Å². The molecule has 1 aliphatic heterocycles. The van der Waals surface area contributed by atoms with Crippen molar-refractivity contribution in [1.29, 1.82) is 0 Å². The third-order valence-electron chi connectivity index (χ3n) is 5.45. The molecule has 1 fully saturated rings. The van der Waals surface area contributed by atoms with Gasteiger partial charge in [0, 0.05) is 18.2 Å². The Morgan fingerprint density at radius 2 is 2.04 bits per heavy atom. The van der Waals surface area contributed by atoms with E-state index >= 15 is 0 Å². The number of aromatic nitrogens is 2. The summed E-state index contributed by atoms with van der Waals surface area (Å²) in [4.78, 5) is 26.2. The van der Waals surface area contributed by atoms with E-state index in [0.29, 0.717) is 24.5 Å². The van der Waals surface area contributed by atoms with Crippen LogP contribution in [0.2, 0.25) is 18.1 Å². The number of aryl methyl sites for hydroxylation is 1. The van der Waals surface area contributed by atoms with Crippen molar-refractivity contribution in [3.8, 4) is 0 Å². The fraction of sp³-hybridized carbons (Fsp3) is 0.778. The average Bonchev–Trinajstić information content (AvgIpc) is 2.96. The summed E-state index contributed by atoms with van der Waals surface area (Å²) in [6, 6.07) is 0. The second-order valence-electron chi connectivity index (χ2n) is 8.53. The first-order valence-corrected chi connectivity index (χ1v) is 13.5. The Bertz CT molecular complexity index is 755.